The lowest BCUT2D eigenvalue weighted by Gasteiger charge is -2.12. The summed E-state index contributed by atoms with van der Waals surface area (Å²) in [4.78, 5) is 2.25. The minimum atomic E-state index is 0. The molecule has 24 heavy (non-hydrogen) atoms. The second kappa shape index (κ2) is 19.0. The van der Waals surface area contributed by atoms with E-state index in [9.17, 15) is 0 Å². The number of hydrogen-bond donors (Lipinski definition) is 0. The molecular formula is C21H42ClNO. The zero-order valence-corrected chi connectivity index (χ0v) is 17.0. The topological polar surface area (TPSA) is 12.5 Å². The fourth-order valence-corrected chi connectivity index (χ4v) is 3.31. The van der Waals surface area contributed by atoms with Crippen LogP contribution in [0.15, 0.2) is 12.5 Å². The van der Waals surface area contributed by atoms with Gasteiger partial charge in [-0.1, -0.05) is 103 Å². The molecule has 0 aromatic carbocycles. The lowest BCUT2D eigenvalue weighted by atomic mass is 10.0. The van der Waals surface area contributed by atoms with Crippen molar-refractivity contribution in [3.63, 3.8) is 0 Å². The van der Waals surface area contributed by atoms with E-state index in [0.717, 1.165) is 13.3 Å². The minimum Gasteiger partial charge on any atom is -0.479 e. The molecule has 0 N–H and O–H groups in total. The van der Waals surface area contributed by atoms with Gasteiger partial charge in [-0.05, 0) is 6.42 Å². The molecule has 3 heteroatoms. The van der Waals surface area contributed by atoms with E-state index < -0.39 is 0 Å². The van der Waals surface area contributed by atoms with E-state index in [0.29, 0.717) is 0 Å². The molecule has 0 spiro atoms. The number of halogens is 1. The molecule has 0 saturated heterocycles. The Labute approximate surface area is 157 Å². The Morgan fingerprint density at radius 1 is 0.667 bits per heavy atom. The van der Waals surface area contributed by atoms with Gasteiger partial charge in [-0.2, -0.15) is 0 Å². The van der Waals surface area contributed by atoms with Crippen molar-refractivity contribution in [1.82, 2.24) is 4.90 Å². The van der Waals surface area contributed by atoms with Crippen molar-refractivity contribution in [2.24, 2.45) is 0 Å². The van der Waals surface area contributed by atoms with Crippen LogP contribution in [0.25, 0.3) is 0 Å². The summed E-state index contributed by atoms with van der Waals surface area (Å²) in [5, 5.41) is 0. The molecule has 0 fully saturated rings. The Kier molecular flexibility index (Phi) is 18.7. The lowest BCUT2D eigenvalue weighted by Crippen LogP contribution is -2.16. The normalized spacial score (nSPS) is 13.1. The molecule has 0 radical (unpaired) electrons. The van der Waals surface area contributed by atoms with Crippen molar-refractivity contribution in [3.8, 4) is 0 Å². The van der Waals surface area contributed by atoms with Crippen molar-refractivity contribution in [3.05, 3.63) is 12.5 Å². The van der Waals surface area contributed by atoms with Gasteiger partial charge in [-0.15, -0.1) is 12.4 Å². The molecule has 0 aliphatic carbocycles. The van der Waals surface area contributed by atoms with E-state index in [1.54, 1.807) is 6.26 Å². The second-order valence-electron chi connectivity index (χ2n) is 7.20. The summed E-state index contributed by atoms with van der Waals surface area (Å²) in [6, 6.07) is 0. The van der Waals surface area contributed by atoms with E-state index in [-0.39, 0.29) is 12.4 Å². The van der Waals surface area contributed by atoms with Crippen molar-refractivity contribution >= 4 is 12.4 Å². The van der Waals surface area contributed by atoms with Crippen LogP contribution in [0.3, 0.4) is 0 Å². The second-order valence-corrected chi connectivity index (χ2v) is 7.20. The van der Waals surface area contributed by atoms with E-state index in [2.05, 4.69) is 18.0 Å². The van der Waals surface area contributed by atoms with Gasteiger partial charge in [0.15, 0.2) is 6.73 Å². The fraction of sp³-hybridized carbons (Fsp3) is 0.905. The first-order valence-electron chi connectivity index (χ1n) is 10.5. The number of ether oxygens (including phenoxy) is 1. The zero-order valence-electron chi connectivity index (χ0n) is 16.1. The standard InChI is InChI=1S/C21H41NO.ClH/c1-2-3-4-5-6-7-8-9-10-11-12-13-14-15-16-17-18-22-19-20-23-21-22;/h19-20H,2-18,21H2,1H3;1H. The zero-order chi connectivity index (χ0) is 16.4. The van der Waals surface area contributed by atoms with Gasteiger partial charge in [-0.3, -0.25) is 0 Å². The number of rotatable bonds is 17. The highest BCUT2D eigenvalue weighted by atomic mass is 35.5. The van der Waals surface area contributed by atoms with Gasteiger partial charge in [0, 0.05) is 12.7 Å². The van der Waals surface area contributed by atoms with Crippen molar-refractivity contribution in [1.29, 1.82) is 0 Å². The van der Waals surface area contributed by atoms with Crippen LogP contribution in [-0.2, 0) is 4.74 Å². The third-order valence-corrected chi connectivity index (χ3v) is 4.91. The molecule has 0 unspecified atom stereocenters. The maximum Gasteiger partial charge on any atom is 0.160 e. The highest BCUT2D eigenvalue weighted by Crippen LogP contribution is 2.14. The summed E-state index contributed by atoms with van der Waals surface area (Å²) in [7, 11) is 0. The van der Waals surface area contributed by atoms with Gasteiger partial charge in [0.1, 0.15) is 6.26 Å². The third kappa shape index (κ3) is 15.2. The Morgan fingerprint density at radius 3 is 1.46 bits per heavy atom. The summed E-state index contributed by atoms with van der Waals surface area (Å²) in [5.74, 6) is 0. The number of nitrogens with zero attached hydrogens (tertiary/aromatic N) is 1. The molecule has 2 nitrogen and oxygen atoms in total. The monoisotopic (exact) mass is 359 g/mol. The molecule has 1 aliphatic heterocycles. The summed E-state index contributed by atoms with van der Waals surface area (Å²) < 4.78 is 5.18. The first kappa shape index (κ1) is 23.6. The predicted octanol–water partition coefficient (Wildman–Crippen LogP) is 7.43. The van der Waals surface area contributed by atoms with Crippen LogP contribution in [0.4, 0.5) is 0 Å². The van der Waals surface area contributed by atoms with Gasteiger partial charge >= 0.3 is 0 Å². The van der Waals surface area contributed by atoms with Crippen molar-refractivity contribution in [2.75, 3.05) is 13.3 Å². The van der Waals surface area contributed by atoms with Gasteiger partial charge in [0.05, 0.1) is 0 Å². The van der Waals surface area contributed by atoms with Crippen LogP contribution < -0.4 is 0 Å². The van der Waals surface area contributed by atoms with Crippen LogP contribution in [0.5, 0.6) is 0 Å². The highest BCUT2D eigenvalue weighted by molar-refractivity contribution is 5.85. The van der Waals surface area contributed by atoms with Crippen LogP contribution in [0.1, 0.15) is 110 Å². The van der Waals surface area contributed by atoms with Gasteiger partial charge in [0.25, 0.3) is 0 Å². The minimum absolute atomic E-state index is 0. The smallest absolute Gasteiger partial charge is 0.160 e. The molecule has 0 bridgehead atoms. The summed E-state index contributed by atoms with van der Waals surface area (Å²) in [6.07, 6.45) is 26.8. The van der Waals surface area contributed by atoms with E-state index in [1.807, 2.05) is 0 Å². The first-order chi connectivity index (χ1) is 11.4. The maximum absolute atomic E-state index is 5.18. The highest BCUT2D eigenvalue weighted by Gasteiger charge is 2.03. The summed E-state index contributed by atoms with van der Waals surface area (Å²) in [5.41, 5.74) is 0. The number of unbranched alkanes of at least 4 members (excludes halogenated alkanes) is 15. The van der Waals surface area contributed by atoms with Gasteiger partial charge < -0.3 is 9.64 Å². The summed E-state index contributed by atoms with van der Waals surface area (Å²) >= 11 is 0. The summed E-state index contributed by atoms with van der Waals surface area (Å²) in [6.45, 7) is 4.22. The molecule has 0 aromatic heterocycles. The molecule has 0 amide bonds. The molecule has 1 rings (SSSR count). The molecule has 0 atom stereocenters. The first-order valence-corrected chi connectivity index (χ1v) is 10.5. The Bertz CT molecular complexity index is 271. The molecular weight excluding hydrogens is 318 g/mol. The van der Waals surface area contributed by atoms with Gasteiger partial charge in [0.2, 0.25) is 0 Å². The Morgan fingerprint density at radius 2 is 1.08 bits per heavy atom. The van der Waals surface area contributed by atoms with Crippen molar-refractivity contribution in [2.45, 2.75) is 110 Å². The van der Waals surface area contributed by atoms with E-state index in [1.165, 1.54) is 103 Å². The molecule has 0 aromatic rings. The predicted molar refractivity (Wildman–Crippen MR) is 109 cm³/mol. The van der Waals surface area contributed by atoms with E-state index in [4.69, 9.17) is 4.74 Å². The Balaban J connectivity index is 0.00000529. The van der Waals surface area contributed by atoms with E-state index >= 15 is 0 Å². The maximum atomic E-state index is 5.18. The average molecular weight is 360 g/mol. The number of hydrogen-bond acceptors (Lipinski definition) is 2. The molecule has 1 heterocycles. The largest absolute Gasteiger partial charge is 0.479 e. The quantitative estimate of drug-likeness (QED) is 0.250. The lowest BCUT2D eigenvalue weighted by molar-refractivity contribution is 0.169. The average Bonchev–Trinajstić information content (AvgIpc) is 3.08. The molecule has 1 aliphatic rings. The molecule has 0 saturated carbocycles. The van der Waals surface area contributed by atoms with Crippen LogP contribution in [-0.4, -0.2) is 18.2 Å². The van der Waals surface area contributed by atoms with Crippen LogP contribution >= 0.6 is 12.4 Å². The van der Waals surface area contributed by atoms with Gasteiger partial charge in [-0.25, -0.2) is 0 Å². The Hall–Kier alpha value is -0.370. The third-order valence-electron chi connectivity index (χ3n) is 4.91. The van der Waals surface area contributed by atoms with Crippen LogP contribution in [0.2, 0.25) is 0 Å². The molecule has 144 valence electrons. The SMILES string of the molecule is CCCCCCCCCCCCCCCCCCN1C=COC1.Cl. The van der Waals surface area contributed by atoms with Crippen molar-refractivity contribution < 1.29 is 4.74 Å². The van der Waals surface area contributed by atoms with Crippen LogP contribution in [0, 0.1) is 0 Å². The fourth-order valence-electron chi connectivity index (χ4n) is 3.31.